The standard InChI is InChI=1S/C18H24N4O/c1-2-22-16-9-19-8-13-17(16)15(20-22)7-12(18(13)23)14-10-21-5-3-11(14)4-6-21/h8-9,11-12,14,18,23H,2-7,10H2,1H3/t12-,14?,18?/m1/s1. The fourth-order valence-electron chi connectivity index (χ4n) is 5.28. The highest BCUT2D eigenvalue weighted by atomic mass is 16.3. The Kier molecular flexibility index (Phi) is 3.04. The van der Waals surface area contributed by atoms with Gasteiger partial charge in [0.2, 0.25) is 0 Å². The van der Waals surface area contributed by atoms with Crippen molar-refractivity contribution in [3.8, 4) is 0 Å². The van der Waals surface area contributed by atoms with E-state index in [4.69, 9.17) is 5.10 Å². The molecule has 122 valence electrons. The molecule has 0 radical (unpaired) electrons. The van der Waals surface area contributed by atoms with Crippen molar-refractivity contribution in [1.29, 1.82) is 0 Å². The Morgan fingerprint density at radius 3 is 2.74 bits per heavy atom. The first-order valence-corrected chi connectivity index (χ1v) is 9.00. The van der Waals surface area contributed by atoms with Crippen LogP contribution in [0.15, 0.2) is 12.4 Å². The Morgan fingerprint density at radius 1 is 1.22 bits per heavy atom. The third-order valence-electron chi connectivity index (χ3n) is 6.47. The molecule has 23 heavy (non-hydrogen) atoms. The summed E-state index contributed by atoms with van der Waals surface area (Å²) in [4.78, 5) is 6.97. The number of hydrogen-bond acceptors (Lipinski definition) is 4. The highest BCUT2D eigenvalue weighted by Gasteiger charge is 2.44. The summed E-state index contributed by atoms with van der Waals surface area (Å²) < 4.78 is 2.03. The lowest BCUT2D eigenvalue weighted by Gasteiger charge is -2.49. The van der Waals surface area contributed by atoms with Crippen molar-refractivity contribution < 1.29 is 5.11 Å². The summed E-state index contributed by atoms with van der Waals surface area (Å²) in [6.45, 7) is 6.61. The number of aliphatic hydroxyl groups excluding tert-OH is 1. The molecule has 4 aliphatic rings. The van der Waals surface area contributed by atoms with Gasteiger partial charge in [0.15, 0.2) is 0 Å². The zero-order valence-electron chi connectivity index (χ0n) is 13.6. The molecule has 0 saturated carbocycles. The van der Waals surface area contributed by atoms with E-state index in [1.165, 1.54) is 31.6 Å². The zero-order valence-corrected chi connectivity index (χ0v) is 13.6. The summed E-state index contributed by atoms with van der Waals surface area (Å²) in [5.41, 5.74) is 3.25. The average Bonchev–Trinajstić information content (AvgIpc) is 2.98. The van der Waals surface area contributed by atoms with Crippen LogP contribution in [0.4, 0.5) is 0 Å². The number of piperidine rings is 3. The molecule has 1 N–H and O–H groups in total. The molecule has 0 spiro atoms. The van der Waals surface area contributed by atoms with Crippen LogP contribution in [0.25, 0.3) is 10.9 Å². The van der Waals surface area contributed by atoms with Gasteiger partial charge in [-0.2, -0.15) is 5.10 Å². The van der Waals surface area contributed by atoms with Crippen LogP contribution in [-0.2, 0) is 13.0 Å². The molecule has 5 heterocycles. The summed E-state index contributed by atoms with van der Waals surface area (Å²) in [5.74, 6) is 1.67. The first kappa shape index (κ1) is 13.9. The van der Waals surface area contributed by atoms with E-state index in [2.05, 4.69) is 16.8 Å². The van der Waals surface area contributed by atoms with E-state index in [1.807, 2.05) is 17.1 Å². The van der Waals surface area contributed by atoms with Crippen molar-refractivity contribution in [3.63, 3.8) is 0 Å². The minimum Gasteiger partial charge on any atom is -0.388 e. The van der Waals surface area contributed by atoms with Gasteiger partial charge in [0, 0.05) is 30.2 Å². The van der Waals surface area contributed by atoms with Crippen LogP contribution < -0.4 is 0 Å². The normalized spacial score (nSPS) is 35.8. The number of aryl methyl sites for hydroxylation is 1. The molecule has 6 rings (SSSR count). The number of hydrogen-bond donors (Lipinski definition) is 1. The van der Waals surface area contributed by atoms with Crippen molar-refractivity contribution in [1.82, 2.24) is 19.7 Å². The van der Waals surface area contributed by atoms with Crippen molar-refractivity contribution in [2.45, 2.75) is 38.8 Å². The monoisotopic (exact) mass is 312 g/mol. The van der Waals surface area contributed by atoms with Gasteiger partial charge >= 0.3 is 0 Å². The van der Waals surface area contributed by atoms with Crippen molar-refractivity contribution in [3.05, 3.63) is 23.7 Å². The topological polar surface area (TPSA) is 54.2 Å². The van der Waals surface area contributed by atoms with Crippen LogP contribution in [0, 0.1) is 17.8 Å². The van der Waals surface area contributed by atoms with Gasteiger partial charge in [-0.3, -0.25) is 9.67 Å². The molecular formula is C18H24N4O. The van der Waals surface area contributed by atoms with Crippen LogP contribution >= 0.6 is 0 Å². The van der Waals surface area contributed by atoms with Gasteiger partial charge in [0.05, 0.1) is 23.5 Å². The molecule has 2 aromatic heterocycles. The lowest BCUT2D eigenvalue weighted by molar-refractivity contribution is -0.0285. The number of fused-ring (bicyclic) bond motifs is 3. The third kappa shape index (κ3) is 1.93. The Bertz CT molecular complexity index is 747. The maximum absolute atomic E-state index is 11.1. The van der Waals surface area contributed by atoms with E-state index in [1.54, 1.807) is 0 Å². The lowest BCUT2D eigenvalue weighted by Crippen LogP contribution is -2.51. The minimum absolute atomic E-state index is 0.295. The quantitative estimate of drug-likeness (QED) is 0.921. The highest BCUT2D eigenvalue weighted by molar-refractivity contribution is 5.86. The second-order valence-corrected chi connectivity index (χ2v) is 7.50. The smallest absolute Gasteiger partial charge is 0.0872 e. The summed E-state index contributed by atoms with van der Waals surface area (Å²) >= 11 is 0. The molecular weight excluding hydrogens is 288 g/mol. The largest absolute Gasteiger partial charge is 0.388 e. The van der Waals surface area contributed by atoms with E-state index < -0.39 is 6.10 Å². The minimum atomic E-state index is -0.390. The number of aliphatic hydroxyl groups is 1. The van der Waals surface area contributed by atoms with Gasteiger partial charge in [-0.05, 0) is 57.0 Å². The van der Waals surface area contributed by atoms with Gasteiger partial charge in [-0.1, -0.05) is 0 Å². The first-order valence-electron chi connectivity index (χ1n) is 9.00. The molecule has 0 aromatic carbocycles. The number of aromatic nitrogens is 3. The molecule has 2 bridgehead atoms. The Balaban J connectivity index is 1.57. The second kappa shape index (κ2) is 5.02. The van der Waals surface area contributed by atoms with Crippen LogP contribution in [0.2, 0.25) is 0 Å². The van der Waals surface area contributed by atoms with E-state index in [9.17, 15) is 5.11 Å². The number of nitrogens with zero attached hydrogens (tertiary/aromatic N) is 4. The molecule has 5 nitrogen and oxygen atoms in total. The van der Waals surface area contributed by atoms with E-state index >= 15 is 0 Å². The molecule has 2 unspecified atom stereocenters. The second-order valence-electron chi connectivity index (χ2n) is 7.50. The van der Waals surface area contributed by atoms with Crippen LogP contribution in [-0.4, -0.2) is 44.4 Å². The van der Waals surface area contributed by atoms with E-state index in [0.717, 1.165) is 41.9 Å². The third-order valence-corrected chi connectivity index (χ3v) is 6.47. The molecule has 2 aromatic rings. The van der Waals surface area contributed by atoms with E-state index in [0.29, 0.717) is 11.8 Å². The summed E-state index contributed by atoms with van der Waals surface area (Å²) in [7, 11) is 0. The molecule has 0 amide bonds. The maximum Gasteiger partial charge on any atom is 0.0872 e. The molecule has 3 atom stereocenters. The Morgan fingerprint density at radius 2 is 2.04 bits per heavy atom. The first-order chi connectivity index (χ1) is 11.3. The highest BCUT2D eigenvalue weighted by Crippen LogP contribution is 2.46. The SMILES string of the molecule is CCn1nc2c3c(cncc31)C(O)[C@@H](C1CN3CCC1CC3)C2. The predicted molar refractivity (Wildman–Crippen MR) is 88.0 cm³/mol. The van der Waals surface area contributed by atoms with Crippen LogP contribution in [0.1, 0.15) is 37.1 Å². The van der Waals surface area contributed by atoms with E-state index in [-0.39, 0.29) is 0 Å². The van der Waals surface area contributed by atoms with Gasteiger partial charge < -0.3 is 10.0 Å². The Labute approximate surface area is 136 Å². The molecule has 3 saturated heterocycles. The van der Waals surface area contributed by atoms with Crippen LogP contribution in [0.3, 0.4) is 0 Å². The zero-order chi connectivity index (χ0) is 15.6. The van der Waals surface area contributed by atoms with Gasteiger partial charge in [0.1, 0.15) is 0 Å². The maximum atomic E-state index is 11.1. The Hall–Kier alpha value is -1.46. The summed E-state index contributed by atoms with van der Waals surface area (Å²) in [5, 5.41) is 17.1. The molecule has 3 aliphatic heterocycles. The molecule has 5 heteroatoms. The predicted octanol–water partition coefficient (Wildman–Crippen LogP) is 2.00. The molecule has 1 aliphatic carbocycles. The van der Waals surface area contributed by atoms with Crippen molar-refractivity contribution in [2.24, 2.45) is 17.8 Å². The van der Waals surface area contributed by atoms with Gasteiger partial charge in [0.25, 0.3) is 0 Å². The average molecular weight is 312 g/mol. The fourth-order valence-corrected chi connectivity index (χ4v) is 5.28. The lowest BCUT2D eigenvalue weighted by atomic mass is 9.67. The number of pyridine rings is 1. The van der Waals surface area contributed by atoms with Gasteiger partial charge in [-0.25, -0.2) is 0 Å². The molecule has 3 fully saturated rings. The van der Waals surface area contributed by atoms with Crippen LogP contribution in [0.5, 0.6) is 0 Å². The van der Waals surface area contributed by atoms with Crippen molar-refractivity contribution in [2.75, 3.05) is 19.6 Å². The summed E-state index contributed by atoms with van der Waals surface area (Å²) in [6, 6.07) is 0. The van der Waals surface area contributed by atoms with Crippen molar-refractivity contribution >= 4 is 10.9 Å². The number of rotatable bonds is 2. The van der Waals surface area contributed by atoms with Gasteiger partial charge in [-0.15, -0.1) is 0 Å². The fraction of sp³-hybridized carbons (Fsp3) is 0.667. The summed E-state index contributed by atoms with van der Waals surface area (Å²) in [6.07, 6.45) is 6.88.